The molecule has 1 N–H and O–H groups in total. The van der Waals surface area contributed by atoms with Crippen LogP contribution in [0.15, 0.2) is 30.3 Å². The monoisotopic (exact) mass is 409 g/mol. The zero-order chi connectivity index (χ0) is 20.1. The zero-order valence-corrected chi connectivity index (χ0v) is 15.8. The van der Waals surface area contributed by atoms with Crippen LogP contribution >= 0.6 is 11.6 Å². The van der Waals surface area contributed by atoms with Crippen LogP contribution in [0.1, 0.15) is 31.2 Å². The van der Waals surface area contributed by atoms with Gasteiger partial charge in [0.15, 0.2) is 0 Å². The number of nitrogens with zero attached hydrogens (tertiary/aromatic N) is 2. The van der Waals surface area contributed by atoms with E-state index >= 15 is 0 Å². The van der Waals surface area contributed by atoms with Crippen LogP contribution in [0.3, 0.4) is 0 Å². The average molecular weight is 410 g/mol. The van der Waals surface area contributed by atoms with Crippen molar-refractivity contribution in [3.63, 3.8) is 0 Å². The van der Waals surface area contributed by atoms with Gasteiger partial charge in [0.05, 0.1) is 6.04 Å². The molecule has 0 aromatic heterocycles. The lowest BCUT2D eigenvalue weighted by atomic mass is 10.0. The summed E-state index contributed by atoms with van der Waals surface area (Å²) in [6, 6.07) is 8.26. The van der Waals surface area contributed by atoms with Gasteiger partial charge >= 0.3 is 11.3 Å². The fourth-order valence-corrected chi connectivity index (χ4v) is 3.26. The van der Waals surface area contributed by atoms with E-state index in [9.17, 15) is 19.2 Å². The standard InChI is InChI=1S/C18H20ClN3O6/c19-18(26)21(27-11-12-4-2-1-3-5-12)13-6-7-14(20-10-13)17(25)28-22-15(23)8-9-16(22)24/h1-5,13-14,20H,6-11H2/t13-,14+/m1/s1. The molecular weight excluding hydrogens is 390 g/mol. The van der Waals surface area contributed by atoms with Crippen molar-refractivity contribution in [1.82, 2.24) is 15.4 Å². The van der Waals surface area contributed by atoms with Gasteiger partial charge in [-0.1, -0.05) is 30.3 Å². The first-order valence-corrected chi connectivity index (χ1v) is 9.30. The molecule has 0 bridgehead atoms. The summed E-state index contributed by atoms with van der Waals surface area (Å²) < 4.78 is 0. The van der Waals surface area contributed by atoms with Gasteiger partial charge in [-0.3, -0.25) is 19.2 Å². The number of piperidine rings is 1. The normalized spacial score (nSPS) is 22.2. The summed E-state index contributed by atoms with van der Waals surface area (Å²) in [4.78, 5) is 57.5. The molecule has 2 saturated heterocycles. The molecule has 2 fully saturated rings. The number of hydroxylamine groups is 4. The van der Waals surface area contributed by atoms with E-state index < -0.39 is 29.2 Å². The number of carbonyl (C=O) groups excluding carboxylic acids is 4. The van der Waals surface area contributed by atoms with Gasteiger partial charge in [-0.05, 0) is 30.0 Å². The first-order valence-electron chi connectivity index (χ1n) is 8.92. The third-order valence-corrected chi connectivity index (χ3v) is 4.74. The van der Waals surface area contributed by atoms with Crippen LogP contribution < -0.4 is 5.32 Å². The molecule has 3 rings (SSSR count). The molecule has 0 radical (unpaired) electrons. The SMILES string of the molecule is O=C(ON1C(=O)CCC1=O)[C@@H]1CC[C@@H](N(OCc2ccccc2)C(=O)Cl)CN1. The molecule has 0 aliphatic carbocycles. The van der Waals surface area contributed by atoms with Crippen molar-refractivity contribution < 1.29 is 28.9 Å². The number of hydrogen-bond donors (Lipinski definition) is 1. The Morgan fingerprint density at radius 1 is 1.14 bits per heavy atom. The summed E-state index contributed by atoms with van der Waals surface area (Å²) >= 11 is 5.65. The second-order valence-corrected chi connectivity index (χ2v) is 6.85. The molecule has 28 heavy (non-hydrogen) atoms. The minimum atomic E-state index is -0.753. The number of halogens is 1. The van der Waals surface area contributed by atoms with Gasteiger partial charge in [0, 0.05) is 19.4 Å². The van der Waals surface area contributed by atoms with Crippen molar-refractivity contribution in [2.24, 2.45) is 0 Å². The molecule has 3 amide bonds. The third kappa shape index (κ3) is 4.86. The minimum absolute atomic E-state index is 0.0395. The quantitative estimate of drug-likeness (QED) is 0.328. The Labute approximate surface area is 166 Å². The van der Waals surface area contributed by atoms with Gasteiger partial charge in [0.25, 0.3) is 11.8 Å². The van der Waals surface area contributed by atoms with Gasteiger partial charge in [-0.15, -0.1) is 5.06 Å². The predicted molar refractivity (Wildman–Crippen MR) is 96.3 cm³/mol. The maximum absolute atomic E-state index is 12.2. The summed E-state index contributed by atoms with van der Waals surface area (Å²) in [5, 5.41) is 3.81. The Hall–Kier alpha value is -2.49. The Balaban J connectivity index is 1.51. The number of carbonyl (C=O) groups is 4. The molecule has 0 spiro atoms. The van der Waals surface area contributed by atoms with Crippen molar-refractivity contribution in [2.45, 2.75) is 44.4 Å². The van der Waals surface area contributed by atoms with E-state index in [1.165, 1.54) is 0 Å². The summed E-state index contributed by atoms with van der Waals surface area (Å²) in [6.45, 7) is 0.426. The van der Waals surface area contributed by atoms with Crippen LogP contribution in [0.5, 0.6) is 0 Å². The number of hydrogen-bond acceptors (Lipinski definition) is 7. The van der Waals surface area contributed by atoms with E-state index in [2.05, 4.69) is 5.32 Å². The number of rotatable bonds is 6. The summed E-state index contributed by atoms with van der Waals surface area (Å²) in [5.74, 6) is -1.77. The topological polar surface area (TPSA) is 105 Å². The minimum Gasteiger partial charge on any atom is -0.329 e. The van der Waals surface area contributed by atoms with E-state index in [4.69, 9.17) is 21.3 Å². The third-order valence-electron chi connectivity index (χ3n) is 4.58. The lowest BCUT2D eigenvalue weighted by Gasteiger charge is -2.34. The molecule has 10 heteroatoms. The Morgan fingerprint density at radius 2 is 1.82 bits per heavy atom. The molecule has 2 aliphatic heterocycles. The summed E-state index contributed by atoms with van der Waals surface area (Å²) in [6.07, 6.45) is 0.840. The van der Waals surface area contributed by atoms with E-state index in [0.29, 0.717) is 17.9 Å². The fourth-order valence-electron chi connectivity index (χ4n) is 3.07. The van der Waals surface area contributed by atoms with Gasteiger partial charge in [-0.25, -0.2) is 9.86 Å². The Morgan fingerprint density at radius 3 is 2.39 bits per heavy atom. The van der Waals surface area contributed by atoms with Gasteiger partial charge in [-0.2, -0.15) is 0 Å². The second-order valence-electron chi connectivity index (χ2n) is 6.52. The van der Waals surface area contributed by atoms with Crippen LogP contribution in [0.4, 0.5) is 4.79 Å². The number of imide groups is 1. The van der Waals surface area contributed by atoms with Gasteiger partial charge < -0.3 is 10.2 Å². The van der Waals surface area contributed by atoms with Crippen molar-refractivity contribution in [3.8, 4) is 0 Å². The zero-order valence-electron chi connectivity index (χ0n) is 15.0. The highest BCUT2D eigenvalue weighted by Crippen LogP contribution is 2.20. The van der Waals surface area contributed by atoms with Crippen molar-refractivity contribution >= 4 is 34.8 Å². The number of amides is 3. The smallest absolute Gasteiger partial charge is 0.329 e. The lowest BCUT2D eigenvalue weighted by molar-refractivity contribution is -0.200. The molecule has 1 aromatic carbocycles. The molecule has 2 heterocycles. The molecule has 2 aliphatic rings. The number of benzene rings is 1. The number of nitrogens with one attached hydrogen (secondary N) is 1. The second kappa shape index (κ2) is 9.13. The lowest BCUT2D eigenvalue weighted by Crippen LogP contribution is -2.53. The Kier molecular flexibility index (Phi) is 6.61. The van der Waals surface area contributed by atoms with Gasteiger partial charge in [0.2, 0.25) is 0 Å². The van der Waals surface area contributed by atoms with E-state index in [1.54, 1.807) is 0 Å². The summed E-state index contributed by atoms with van der Waals surface area (Å²) in [7, 11) is 0. The Bertz CT molecular complexity index is 735. The van der Waals surface area contributed by atoms with Crippen LogP contribution in [0.25, 0.3) is 0 Å². The first kappa shape index (κ1) is 20.2. The van der Waals surface area contributed by atoms with Gasteiger partial charge in [0.1, 0.15) is 12.6 Å². The molecule has 0 unspecified atom stereocenters. The van der Waals surface area contributed by atoms with Crippen LogP contribution in [0, 0.1) is 0 Å². The molecule has 2 atom stereocenters. The fraction of sp³-hybridized carbons (Fsp3) is 0.444. The molecule has 0 saturated carbocycles. The van der Waals surface area contributed by atoms with Crippen molar-refractivity contribution in [1.29, 1.82) is 0 Å². The average Bonchev–Trinajstić information content (AvgIpc) is 3.01. The highest BCUT2D eigenvalue weighted by Gasteiger charge is 2.37. The molecular formula is C18H20ClN3O6. The first-order chi connectivity index (χ1) is 13.5. The van der Waals surface area contributed by atoms with Crippen LogP contribution in [-0.4, -0.2) is 51.9 Å². The highest BCUT2D eigenvalue weighted by atomic mass is 35.5. The van der Waals surface area contributed by atoms with Crippen LogP contribution in [0.2, 0.25) is 0 Å². The van der Waals surface area contributed by atoms with Crippen molar-refractivity contribution in [3.05, 3.63) is 35.9 Å². The maximum Gasteiger partial charge on any atom is 0.349 e. The molecule has 9 nitrogen and oxygen atoms in total. The van der Waals surface area contributed by atoms with E-state index in [0.717, 1.165) is 10.6 Å². The van der Waals surface area contributed by atoms with E-state index in [1.807, 2.05) is 30.3 Å². The van der Waals surface area contributed by atoms with Crippen molar-refractivity contribution in [2.75, 3.05) is 6.54 Å². The maximum atomic E-state index is 12.2. The van der Waals surface area contributed by atoms with Crippen LogP contribution in [-0.2, 0) is 30.7 Å². The highest BCUT2D eigenvalue weighted by molar-refractivity contribution is 6.62. The molecule has 150 valence electrons. The largest absolute Gasteiger partial charge is 0.349 e. The molecule has 1 aromatic rings. The summed E-state index contributed by atoms with van der Waals surface area (Å²) in [5.41, 5.74) is 0.885. The predicted octanol–water partition coefficient (Wildman–Crippen LogP) is 1.51. The van der Waals surface area contributed by atoms with E-state index in [-0.39, 0.29) is 32.0 Å².